The van der Waals surface area contributed by atoms with Crippen LogP contribution >= 0.6 is 0 Å². The molecule has 2 aromatic carbocycles. The lowest BCUT2D eigenvalue weighted by atomic mass is 10.2. The minimum Gasteiger partial charge on any atom is -0.488 e. The summed E-state index contributed by atoms with van der Waals surface area (Å²) >= 11 is 0. The van der Waals surface area contributed by atoms with Crippen molar-refractivity contribution >= 4 is 10.9 Å². The lowest BCUT2D eigenvalue weighted by Gasteiger charge is -2.08. The Balaban J connectivity index is 1.87. The molecular weight excluding hydrogens is 222 g/mol. The van der Waals surface area contributed by atoms with Gasteiger partial charge in [0.05, 0.1) is 5.52 Å². The van der Waals surface area contributed by atoms with Gasteiger partial charge in [0.15, 0.2) is 0 Å². The Morgan fingerprint density at radius 2 is 1.89 bits per heavy atom. The highest BCUT2D eigenvalue weighted by Crippen LogP contribution is 2.24. The number of hydrogen-bond acceptors (Lipinski definition) is 2. The van der Waals surface area contributed by atoms with Crippen LogP contribution in [0, 0.1) is 6.07 Å². The zero-order chi connectivity index (χ0) is 12.2. The minimum absolute atomic E-state index is 0.558. The number of benzene rings is 2. The summed E-state index contributed by atoms with van der Waals surface area (Å²) in [7, 11) is 0. The molecule has 0 aliphatic carbocycles. The molecule has 0 bridgehead atoms. The molecule has 2 heteroatoms. The maximum absolute atomic E-state index is 5.85. The van der Waals surface area contributed by atoms with Crippen molar-refractivity contribution in [2.24, 2.45) is 0 Å². The van der Waals surface area contributed by atoms with E-state index in [9.17, 15) is 0 Å². The van der Waals surface area contributed by atoms with Crippen LogP contribution in [0.25, 0.3) is 10.9 Å². The molecule has 0 amide bonds. The van der Waals surface area contributed by atoms with E-state index in [0.29, 0.717) is 6.61 Å². The van der Waals surface area contributed by atoms with Gasteiger partial charge in [-0.05, 0) is 35.9 Å². The van der Waals surface area contributed by atoms with Crippen molar-refractivity contribution in [1.29, 1.82) is 0 Å². The molecule has 0 atom stereocenters. The van der Waals surface area contributed by atoms with Gasteiger partial charge in [0.2, 0.25) is 0 Å². The fraction of sp³-hybridized carbons (Fsp3) is 0.0625. The molecule has 3 rings (SSSR count). The first-order valence-corrected chi connectivity index (χ1v) is 5.85. The summed E-state index contributed by atoms with van der Waals surface area (Å²) in [5.74, 6) is 0.869. The first-order valence-electron chi connectivity index (χ1n) is 5.85. The molecular formula is C16H12NO. The van der Waals surface area contributed by atoms with Gasteiger partial charge in [-0.25, -0.2) is 0 Å². The van der Waals surface area contributed by atoms with Crippen molar-refractivity contribution in [2.75, 3.05) is 0 Å². The summed E-state index contributed by atoms with van der Waals surface area (Å²) in [6, 6.07) is 20.7. The first-order chi connectivity index (χ1) is 8.93. The Kier molecular flexibility index (Phi) is 2.92. The van der Waals surface area contributed by atoms with E-state index in [0.717, 1.165) is 22.2 Å². The Hall–Kier alpha value is -2.35. The predicted octanol–water partition coefficient (Wildman–Crippen LogP) is 3.61. The van der Waals surface area contributed by atoms with Crippen LogP contribution in [0.3, 0.4) is 0 Å². The van der Waals surface area contributed by atoms with Gasteiger partial charge in [0.1, 0.15) is 12.4 Å². The van der Waals surface area contributed by atoms with Crippen molar-refractivity contribution in [3.63, 3.8) is 0 Å². The Morgan fingerprint density at radius 1 is 1.00 bits per heavy atom. The quantitative estimate of drug-likeness (QED) is 0.690. The van der Waals surface area contributed by atoms with E-state index >= 15 is 0 Å². The predicted molar refractivity (Wildman–Crippen MR) is 71.4 cm³/mol. The first kappa shape index (κ1) is 10.8. The molecule has 0 N–H and O–H groups in total. The molecule has 0 aliphatic heterocycles. The number of pyridine rings is 1. The van der Waals surface area contributed by atoms with Crippen LogP contribution in [0.4, 0.5) is 0 Å². The van der Waals surface area contributed by atoms with Gasteiger partial charge in [-0.15, -0.1) is 0 Å². The van der Waals surface area contributed by atoms with E-state index in [1.165, 1.54) is 0 Å². The smallest absolute Gasteiger partial charge is 0.129 e. The largest absolute Gasteiger partial charge is 0.488 e. The topological polar surface area (TPSA) is 22.1 Å². The lowest BCUT2D eigenvalue weighted by molar-refractivity contribution is 0.310. The van der Waals surface area contributed by atoms with Crippen molar-refractivity contribution in [3.8, 4) is 5.75 Å². The van der Waals surface area contributed by atoms with Crippen LogP contribution in [0.15, 0.2) is 60.8 Å². The van der Waals surface area contributed by atoms with Gasteiger partial charge in [-0.2, -0.15) is 0 Å². The fourth-order valence-corrected chi connectivity index (χ4v) is 1.88. The molecule has 0 spiro atoms. The summed E-state index contributed by atoms with van der Waals surface area (Å²) < 4.78 is 5.85. The van der Waals surface area contributed by atoms with E-state index in [4.69, 9.17) is 4.74 Å². The van der Waals surface area contributed by atoms with E-state index in [1.807, 2.05) is 54.6 Å². The Bertz CT molecular complexity index is 644. The second kappa shape index (κ2) is 4.88. The molecule has 0 saturated carbocycles. The maximum Gasteiger partial charge on any atom is 0.129 e. The summed E-state index contributed by atoms with van der Waals surface area (Å²) in [6.45, 7) is 0.558. The molecule has 87 valence electrons. The molecule has 1 heterocycles. The molecule has 0 aliphatic rings. The third-order valence-corrected chi connectivity index (χ3v) is 2.79. The number of ether oxygens (including phenoxy) is 1. The zero-order valence-electron chi connectivity index (χ0n) is 9.84. The van der Waals surface area contributed by atoms with Crippen LogP contribution in [0.1, 0.15) is 5.56 Å². The second-order valence-electron chi connectivity index (χ2n) is 4.02. The van der Waals surface area contributed by atoms with Gasteiger partial charge in [-0.3, -0.25) is 4.98 Å². The zero-order valence-corrected chi connectivity index (χ0v) is 9.84. The normalized spacial score (nSPS) is 10.4. The number of hydrogen-bond donors (Lipinski definition) is 0. The average molecular weight is 234 g/mol. The van der Waals surface area contributed by atoms with E-state index in [2.05, 4.69) is 11.1 Å². The highest BCUT2D eigenvalue weighted by molar-refractivity contribution is 5.84. The van der Waals surface area contributed by atoms with Crippen LogP contribution in [0.2, 0.25) is 0 Å². The highest BCUT2D eigenvalue weighted by atomic mass is 16.5. The number of rotatable bonds is 3. The summed E-state index contributed by atoms with van der Waals surface area (Å²) in [6.07, 6.45) is 1.79. The van der Waals surface area contributed by atoms with Gasteiger partial charge in [0.25, 0.3) is 0 Å². The Labute approximate surface area is 106 Å². The van der Waals surface area contributed by atoms with Crippen molar-refractivity contribution in [2.45, 2.75) is 6.61 Å². The number of aromatic nitrogens is 1. The third kappa shape index (κ3) is 2.18. The average Bonchev–Trinajstić information content (AvgIpc) is 2.46. The van der Waals surface area contributed by atoms with Gasteiger partial charge in [-0.1, -0.05) is 30.3 Å². The second-order valence-corrected chi connectivity index (χ2v) is 4.02. The van der Waals surface area contributed by atoms with E-state index in [-0.39, 0.29) is 0 Å². The van der Waals surface area contributed by atoms with Gasteiger partial charge in [0, 0.05) is 11.6 Å². The molecule has 1 aromatic heterocycles. The molecule has 0 fully saturated rings. The molecule has 3 aromatic rings. The summed E-state index contributed by atoms with van der Waals surface area (Å²) in [5.41, 5.74) is 2.09. The summed E-state index contributed by atoms with van der Waals surface area (Å²) in [5, 5.41) is 1.04. The lowest BCUT2D eigenvalue weighted by Crippen LogP contribution is -1.95. The van der Waals surface area contributed by atoms with Gasteiger partial charge < -0.3 is 4.74 Å². The van der Waals surface area contributed by atoms with E-state index < -0.39 is 0 Å². The Morgan fingerprint density at radius 3 is 2.78 bits per heavy atom. The van der Waals surface area contributed by atoms with E-state index in [1.54, 1.807) is 6.20 Å². The number of fused-ring (bicyclic) bond motifs is 1. The molecule has 18 heavy (non-hydrogen) atoms. The monoisotopic (exact) mass is 234 g/mol. The minimum atomic E-state index is 0.558. The maximum atomic E-state index is 5.85. The molecule has 0 unspecified atom stereocenters. The molecule has 0 saturated heterocycles. The molecule has 1 radical (unpaired) electrons. The molecule has 2 nitrogen and oxygen atoms in total. The SMILES string of the molecule is [c]1ccc(COc2cccc3ncccc23)cc1. The number of nitrogens with zero attached hydrogens (tertiary/aromatic N) is 1. The standard InChI is InChI=1S/C16H12NO/c1-2-6-13(7-3-1)12-18-16-10-4-9-15-14(16)8-5-11-17-15/h2-11H,12H2. The van der Waals surface area contributed by atoms with Crippen LogP contribution < -0.4 is 4.74 Å². The van der Waals surface area contributed by atoms with Crippen molar-refractivity contribution < 1.29 is 4.74 Å². The highest BCUT2D eigenvalue weighted by Gasteiger charge is 2.02. The van der Waals surface area contributed by atoms with Crippen LogP contribution in [-0.4, -0.2) is 4.98 Å². The van der Waals surface area contributed by atoms with Crippen LogP contribution in [0.5, 0.6) is 5.75 Å². The summed E-state index contributed by atoms with van der Waals surface area (Å²) in [4.78, 5) is 4.31. The van der Waals surface area contributed by atoms with Crippen molar-refractivity contribution in [3.05, 3.63) is 72.4 Å². The van der Waals surface area contributed by atoms with Crippen LogP contribution in [-0.2, 0) is 6.61 Å². The van der Waals surface area contributed by atoms with Crippen molar-refractivity contribution in [1.82, 2.24) is 4.98 Å². The third-order valence-electron chi connectivity index (χ3n) is 2.79. The fourth-order valence-electron chi connectivity index (χ4n) is 1.88. The van der Waals surface area contributed by atoms with Gasteiger partial charge >= 0.3 is 0 Å².